The first-order valence-electron chi connectivity index (χ1n) is 7.56. The van der Waals surface area contributed by atoms with Crippen LogP contribution in [-0.2, 0) is 0 Å². The summed E-state index contributed by atoms with van der Waals surface area (Å²) in [6.07, 6.45) is 0. The molecule has 2 aromatic rings. The van der Waals surface area contributed by atoms with Crippen LogP contribution >= 0.6 is 0 Å². The van der Waals surface area contributed by atoms with Crippen LogP contribution in [0.1, 0.15) is 10.6 Å². The molecule has 22 heavy (non-hydrogen) atoms. The molecule has 1 aromatic carbocycles. The van der Waals surface area contributed by atoms with E-state index in [9.17, 15) is 4.79 Å². The van der Waals surface area contributed by atoms with E-state index in [2.05, 4.69) is 20.7 Å². The van der Waals surface area contributed by atoms with Gasteiger partial charge in [0.05, 0.1) is 0 Å². The third-order valence-electron chi connectivity index (χ3n) is 3.73. The van der Waals surface area contributed by atoms with Gasteiger partial charge in [-0.2, -0.15) is 0 Å². The molecular formula is C16H20N4O2. The minimum absolute atomic E-state index is 0.218. The molecule has 6 nitrogen and oxygen atoms in total. The second kappa shape index (κ2) is 7.20. The van der Waals surface area contributed by atoms with E-state index in [-0.39, 0.29) is 11.7 Å². The van der Waals surface area contributed by atoms with Crippen LogP contribution in [0.4, 0.5) is 0 Å². The molecule has 1 amide bonds. The van der Waals surface area contributed by atoms with Gasteiger partial charge in [-0.25, -0.2) is 0 Å². The molecular weight excluding hydrogens is 280 g/mol. The number of hydrogen-bond acceptors (Lipinski definition) is 5. The van der Waals surface area contributed by atoms with Crippen LogP contribution in [0, 0.1) is 0 Å². The lowest BCUT2D eigenvalue weighted by molar-refractivity contribution is 0.0910. The first-order chi connectivity index (χ1) is 10.8. The molecule has 1 fully saturated rings. The minimum Gasteiger partial charge on any atom is -0.350 e. The molecule has 2 N–H and O–H groups in total. The van der Waals surface area contributed by atoms with E-state index in [1.807, 2.05) is 30.3 Å². The van der Waals surface area contributed by atoms with Crippen molar-refractivity contribution in [2.24, 2.45) is 0 Å². The van der Waals surface area contributed by atoms with E-state index in [0.29, 0.717) is 12.2 Å². The number of aromatic nitrogens is 1. The van der Waals surface area contributed by atoms with Crippen molar-refractivity contribution in [3.05, 3.63) is 42.2 Å². The van der Waals surface area contributed by atoms with Crippen molar-refractivity contribution in [2.45, 2.75) is 0 Å². The fraction of sp³-hybridized carbons (Fsp3) is 0.375. The van der Waals surface area contributed by atoms with Crippen molar-refractivity contribution >= 4 is 5.91 Å². The zero-order valence-corrected chi connectivity index (χ0v) is 12.4. The highest BCUT2D eigenvalue weighted by Crippen LogP contribution is 2.18. The van der Waals surface area contributed by atoms with Crippen LogP contribution in [0.15, 0.2) is 40.9 Å². The average molecular weight is 300 g/mol. The molecule has 0 atom stereocenters. The smallest absolute Gasteiger partial charge is 0.289 e. The number of carbonyl (C=O) groups is 1. The van der Waals surface area contributed by atoms with E-state index in [1.54, 1.807) is 6.07 Å². The number of nitrogens with one attached hydrogen (secondary N) is 2. The maximum Gasteiger partial charge on any atom is 0.289 e. The third kappa shape index (κ3) is 3.72. The molecule has 0 saturated carbocycles. The maximum absolute atomic E-state index is 12.1. The van der Waals surface area contributed by atoms with Crippen molar-refractivity contribution in [1.29, 1.82) is 0 Å². The molecule has 1 aromatic heterocycles. The monoisotopic (exact) mass is 300 g/mol. The molecule has 116 valence electrons. The Morgan fingerprint density at radius 2 is 2.05 bits per heavy atom. The zero-order valence-electron chi connectivity index (χ0n) is 12.4. The van der Waals surface area contributed by atoms with Crippen LogP contribution in [0.5, 0.6) is 0 Å². The van der Waals surface area contributed by atoms with Crippen molar-refractivity contribution in [2.75, 3.05) is 39.3 Å². The minimum atomic E-state index is -0.218. The molecule has 0 aliphatic carbocycles. The molecule has 1 aliphatic rings. The molecule has 6 heteroatoms. The standard InChI is InChI=1S/C16H20N4O2/c21-16(18-8-11-20-9-6-17-7-10-20)15-12-14(19-22-15)13-4-2-1-3-5-13/h1-5,12,17H,6-11H2,(H,18,21). The number of piperazine rings is 1. The summed E-state index contributed by atoms with van der Waals surface area (Å²) < 4.78 is 5.14. The Labute approximate surface area is 129 Å². The summed E-state index contributed by atoms with van der Waals surface area (Å²) in [7, 11) is 0. The highest BCUT2D eigenvalue weighted by Gasteiger charge is 2.14. The Bertz CT molecular complexity index is 606. The maximum atomic E-state index is 12.1. The molecule has 2 heterocycles. The Morgan fingerprint density at radius 3 is 2.82 bits per heavy atom. The van der Waals surface area contributed by atoms with E-state index in [0.717, 1.165) is 38.3 Å². The van der Waals surface area contributed by atoms with Crippen molar-refractivity contribution in [3.63, 3.8) is 0 Å². The van der Waals surface area contributed by atoms with Gasteiger partial charge in [0.1, 0.15) is 5.69 Å². The lowest BCUT2D eigenvalue weighted by Crippen LogP contribution is -2.46. The average Bonchev–Trinajstić information content (AvgIpc) is 3.07. The predicted molar refractivity (Wildman–Crippen MR) is 83.6 cm³/mol. The summed E-state index contributed by atoms with van der Waals surface area (Å²) in [6, 6.07) is 11.3. The van der Waals surface area contributed by atoms with E-state index in [1.165, 1.54) is 0 Å². The Morgan fingerprint density at radius 1 is 1.27 bits per heavy atom. The highest BCUT2D eigenvalue weighted by atomic mass is 16.5. The molecule has 1 aliphatic heterocycles. The Balaban J connectivity index is 1.51. The first-order valence-corrected chi connectivity index (χ1v) is 7.56. The van der Waals surface area contributed by atoms with Crippen LogP contribution < -0.4 is 10.6 Å². The van der Waals surface area contributed by atoms with E-state index >= 15 is 0 Å². The first kappa shape index (κ1) is 14.7. The lowest BCUT2D eigenvalue weighted by atomic mass is 10.1. The Hall–Kier alpha value is -2.18. The molecule has 0 bridgehead atoms. The van der Waals surface area contributed by atoms with Gasteiger partial charge in [0.15, 0.2) is 0 Å². The van der Waals surface area contributed by atoms with E-state index < -0.39 is 0 Å². The quantitative estimate of drug-likeness (QED) is 0.861. The van der Waals surface area contributed by atoms with Gasteiger partial charge in [-0.15, -0.1) is 0 Å². The van der Waals surface area contributed by atoms with E-state index in [4.69, 9.17) is 4.52 Å². The molecule has 0 unspecified atom stereocenters. The van der Waals surface area contributed by atoms with Crippen molar-refractivity contribution in [3.8, 4) is 11.3 Å². The number of benzene rings is 1. The number of amides is 1. The van der Waals surface area contributed by atoms with Crippen LogP contribution in [0.25, 0.3) is 11.3 Å². The van der Waals surface area contributed by atoms with Gasteiger partial charge >= 0.3 is 0 Å². The van der Waals surface area contributed by atoms with Gasteiger partial charge in [-0.3, -0.25) is 9.69 Å². The fourth-order valence-electron chi connectivity index (χ4n) is 2.48. The van der Waals surface area contributed by atoms with Crippen molar-refractivity contribution in [1.82, 2.24) is 20.7 Å². The van der Waals surface area contributed by atoms with Gasteiger partial charge in [0, 0.05) is 50.9 Å². The molecule has 0 spiro atoms. The summed E-state index contributed by atoms with van der Waals surface area (Å²) in [5.41, 5.74) is 1.61. The predicted octanol–water partition coefficient (Wildman–Crippen LogP) is 0.977. The largest absolute Gasteiger partial charge is 0.350 e. The zero-order chi connectivity index (χ0) is 15.2. The number of nitrogens with zero attached hydrogens (tertiary/aromatic N) is 2. The van der Waals surface area contributed by atoms with Gasteiger partial charge in [0.25, 0.3) is 5.91 Å². The summed E-state index contributed by atoms with van der Waals surface area (Å²) >= 11 is 0. The van der Waals surface area contributed by atoms with Crippen molar-refractivity contribution < 1.29 is 9.32 Å². The third-order valence-corrected chi connectivity index (χ3v) is 3.73. The van der Waals surface area contributed by atoms with Gasteiger partial charge < -0.3 is 15.2 Å². The van der Waals surface area contributed by atoms with Gasteiger partial charge in [0.2, 0.25) is 5.76 Å². The van der Waals surface area contributed by atoms with Crippen LogP contribution in [0.2, 0.25) is 0 Å². The topological polar surface area (TPSA) is 70.4 Å². The summed E-state index contributed by atoms with van der Waals surface area (Å²) in [4.78, 5) is 14.4. The van der Waals surface area contributed by atoms with Crippen LogP contribution in [0.3, 0.4) is 0 Å². The molecule has 1 saturated heterocycles. The fourth-order valence-corrected chi connectivity index (χ4v) is 2.48. The summed E-state index contributed by atoms with van der Waals surface area (Å²) in [5, 5.41) is 10.1. The van der Waals surface area contributed by atoms with Crippen LogP contribution in [-0.4, -0.2) is 55.2 Å². The normalized spacial score (nSPS) is 15.6. The van der Waals surface area contributed by atoms with Gasteiger partial charge in [-0.05, 0) is 0 Å². The second-order valence-corrected chi connectivity index (χ2v) is 5.29. The van der Waals surface area contributed by atoms with Gasteiger partial charge in [-0.1, -0.05) is 35.5 Å². The number of hydrogen-bond donors (Lipinski definition) is 2. The molecule has 0 radical (unpaired) electrons. The summed E-state index contributed by atoms with van der Waals surface area (Å²) in [6.45, 7) is 5.53. The lowest BCUT2D eigenvalue weighted by Gasteiger charge is -2.26. The number of rotatable bonds is 5. The number of carbonyl (C=O) groups excluding carboxylic acids is 1. The molecule has 3 rings (SSSR count). The second-order valence-electron chi connectivity index (χ2n) is 5.29. The Kier molecular flexibility index (Phi) is 4.82. The SMILES string of the molecule is O=C(NCCN1CCNCC1)c1cc(-c2ccccc2)no1. The summed E-state index contributed by atoms with van der Waals surface area (Å²) in [5.74, 6) is 0.0315. The highest BCUT2D eigenvalue weighted by molar-refractivity contribution is 5.92.